The van der Waals surface area contributed by atoms with E-state index in [1.54, 1.807) is 0 Å². The molecule has 0 spiro atoms. The lowest BCUT2D eigenvalue weighted by molar-refractivity contribution is -0.124. The number of carbonyl (C=O) groups is 1. The number of unbranched alkanes of at least 4 members (excludes halogenated alkanes) is 39. The fourth-order valence-corrected chi connectivity index (χ4v) is 8.52. The number of allylic oxidation sites excluding steroid dienone is 2. The quantitative estimate of drug-likeness (QED) is 0.0364. The van der Waals surface area contributed by atoms with Crippen LogP contribution in [0.4, 0.5) is 0 Å². The first-order valence-electron chi connectivity index (χ1n) is 26.5. The molecule has 346 valence electrons. The molecule has 3 atom stereocenters. The fraction of sp³-hybridized carbons (Fsp3) is 0.943. The van der Waals surface area contributed by atoms with Crippen LogP contribution in [0, 0.1) is 0 Å². The van der Waals surface area contributed by atoms with Crippen LogP contribution in [0.2, 0.25) is 0 Å². The lowest BCUT2D eigenvalue weighted by atomic mass is 10.0. The summed E-state index contributed by atoms with van der Waals surface area (Å²) in [6.07, 6.45) is 59.4. The van der Waals surface area contributed by atoms with E-state index in [9.17, 15) is 20.1 Å². The van der Waals surface area contributed by atoms with Crippen molar-refractivity contribution in [1.29, 1.82) is 0 Å². The smallest absolute Gasteiger partial charge is 0.220 e. The molecule has 0 aliphatic rings. The Balaban J connectivity index is 3.50. The van der Waals surface area contributed by atoms with E-state index in [0.717, 1.165) is 38.5 Å². The summed E-state index contributed by atoms with van der Waals surface area (Å²) in [5.41, 5.74) is 0. The van der Waals surface area contributed by atoms with Crippen LogP contribution in [0.5, 0.6) is 0 Å². The molecule has 5 nitrogen and oxygen atoms in total. The second kappa shape index (κ2) is 48.8. The number of aliphatic hydroxyl groups is 3. The van der Waals surface area contributed by atoms with Crippen molar-refractivity contribution in [2.45, 2.75) is 315 Å². The van der Waals surface area contributed by atoms with Crippen LogP contribution in [0.1, 0.15) is 296 Å². The zero-order valence-electron chi connectivity index (χ0n) is 39.5. The van der Waals surface area contributed by atoms with E-state index in [1.807, 2.05) is 0 Å². The number of hydrogen-bond acceptors (Lipinski definition) is 4. The molecule has 3 unspecified atom stereocenters. The lowest BCUT2D eigenvalue weighted by Crippen LogP contribution is -2.50. The highest BCUT2D eigenvalue weighted by molar-refractivity contribution is 5.76. The summed E-state index contributed by atoms with van der Waals surface area (Å²) in [5, 5.41) is 33.6. The Morgan fingerprint density at radius 2 is 0.690 bits per heavy atom. The highest BCUT2D eigenvalue weighted by Gasteiger charge is 2.26. The van der Waals surface area contributed by atoms with Crippen LogP contribution in [-0.4, -0.2) is 46.1 Å². The SMILES string of the molecule is CCCCCCCCCCCC/C=C/CCCC(O)C(O)C(CO)NC(=O)CCCCCCCCCCCCCCCCCCCCCCCCCCCCCCC. The van der Waals surface area contributed by atoms with E-state index in [0.29, 0.717) is 12.8 Å². The van der Waals surface area contributed by atoms with Gasteiger partial charge in [-0.25, -0.2) is 0 Å². The van der Waals surface area contributed by atoms with Crippen molar-refractivity contribution in [2.24, 2.45) is 0 Å². The summed E-state index contributed by atoms with van der Waals surface area (Å²) in [4.78, 5) is 12.5. The Morgan fingerprint density at radius 1 is 0.414 bits per heavy atom. The number of amides is 1. The molecule has 0 saturated carbocycles. The van der Waals surface area contributed by atoms with Crippen LogP contribution in [0.15, 0.2) is 12.2 Å². The van der Waals surface area contributed by atoms with Crippen molar-refractivity contribution in [2.75, 3.05) is 6.61 Å². The molecule has 0 aliphatic carbocycles. The van der Waals surface area contributed by atoms with Gasteiger partial charge >= 0.3 is 0 Å². The molecule has 0 rings (SSSR count). The van der Waals surface area contributed by atoms with Gasteiger partial charge in [0, 0.05) is 6.42 Å². The minimum absolute atomic E-state index is 0.148. The summed E-state index contributed by atoms with van der Waals surface area (Å²) in [6, 6.07) is -0.821. The van der Waals surface area contributed by atoms with Crippen LogP contribution in [0.3, 0.4) is 0 Å². The van der Waals surface area contributed by atoms with E-state index in [4.69, 9.17) is 0 Å². The average molecular weight is 820 g/mol. The fourth-order valence-electron chi connectivity index (χ4n) is 8.52. The molecule has 0 fully saturated rings. The van der Waals surface area contributed by atoms with Crippen LogP contribution in [0.25, 0.3) is 0 Å². The summed E-state index contributed by atoms with van der Waals surface area (Å²) < 4.78 is 0. The lowest BCUT2D eigenvalue weighted by Gasteiger charge is -2.26. The maximum Gasteiger partial charge on any atom is 0.220 e. The third-order valence-electron chi connectivity index (χ3n) is 12.6. The van der Waals surface area contributed by atoms with Crippen LogP contribution >= 0.6 is 0 Å². The molecule has 5 heteroatoms. The second-order valence-corrected chi connectivity index (χ2v) is 18.4. The van der Waals surface area contributed by atoms with Crippen molar-refractivity contribution in [1.82, 2.24) is 5.32 Å². The largest absolute Gasteiger partial charge is 0.394 e. The van der Waals surface area contributed by atoms with Gasteiger partial charge in [-0.05, 0) is 38.5 Å². The van der Waals surface area contributed by atoms with Gasteiger partial charge in [-0.15, -0.1) is 0 Å². The minimum Gasteiger partial charge on any atom is -0.394 e. The van der Waals surface area contributed by atoms with E-state index in [2.05, 4.69) is 31.3 Å². The molecule has 1 amide bonds. The van der Waals surface area contributed by atoms with Gasteiger partial charge in [-0.2, -0.15) is 0 Å². The van der Waals surface area contributed by atoms with Crippen molar-refractivity contribution >= 4 is 5.91 Å². The maximum atomic E-state index is 12.5. The Kier molecular flexibility index (Phi) is 48.0. The molecule has 0 aromatic heterocycles. The normalized spacial score (nSPS) is 13.4. The Bertz CT molecular complexity index is 818. The average Bonchev–Trinajstić information content (AvgIpc) is 3.23. The Morgan fingerprint density at radius 3 is 1.00 bits per heavy atom. The highest BCUT2D eigenvalue weighted by atomic mass is 16.3. The van der Waals surface area contributed by atoms with Gasteiger partial charge in [-0.3, -0.25) is 4.79 Å². The monoisotopic (exact) mass is 820 g/mol. The number of aliphatic hydroxyl groups excluding tert-OH is 3. The highest BCUT2D eigenvalue weighted by Crippen LogP contribution is 2.18. The van der Waals surface area contributed by atoms with Gasteiger partial charge in [0.05, 0.1) is 18.8 Å². The summed E-state index contributed by atoms with van der Waals surface area (Å²) in [5.74, 6) is -0.148. The van der Waals surface area contributed by atoms with E-state index < -0.39 is 18.2 Å². The van der Waals surface area contributed by atoms with Crippen molar-refractivity contribution in [3.8, 4) is 0 Å². The van der Waals surface area contributed by atoms with E-state index >= 15 is 0 Å². The molecule has 0 radical (unpaired) electrons. The molecule has 0 aromatic carbocycles. The first-order chi connectivity index (χ1) is 28.6. The molecule has 0 aromatic rings. The van der Waals surface area contributed by atoms with Gasteiger partial charge < -0.3 is 20.6 Å². The molecule has 0 bridgehead atoms. The number of rotatable bonds is 49. The zero-order valence-corrected chi connectivity index (χ0v) is 39.5. The van der Waals surface area contributed by atoms with Crippen LogP contribution < -0.4 is 5.32 Å². The summed E-state index contributed by atoms with van der Waals surface area (Å²) in [6.45, 7) is 4.19. The van der Waals surface area contributed by atoms with Crippen molar-refractivity contribution in [3.05, 3.63) is 12.2 Å². The van der Waals surface area contributed by atoms with Gasteiger partial charge in [0.1, 0.15) is 6.10 Å². The third-order valence-corrected chi connectivity index (χ3v) is 12.6. The van der Waals surface area contributed by atoms with E-state index in [-0.39, 0.29) is 12.5 Å². The van der Waals surface area contributed by atoms with E-state index in [1.165, 1.54) is 231 Å². The number of hydrogen-bond donors (Lipinski definition) is 4. The molecule has 58 heavy (non-hydrogen) atoms. The predicted molar refractivity (Wildman–Crippen MR) is 255 cm³/mol. The standard InChI is InChI=1S/C53H105NO4/c1-3-5-7-9-11-13-15-17-19-20-21-22-23-24-25-26-27-28-29-30-31-32-34-36-38-40-42-44-46-48-52(57)54-50(49-55)53(58)51(56)47-45-43-41-39-37-35-33-18-16-14-12-10-8-6-4-2/h39,41,50-51,53,55-56,58H,3-38,40,42-49H2,1-2H3,(H,54,57)/b41-39+. The van der Waals surface area contributed by atoms with Gasteiger partial charge in [-0.1, -0.05) is 264 Å². The van der Waals surface area contributed by atoms with Gasteiger partial charge in [0.25, 0.3) is 0 Å². The molecule has 0 saturated heterocycles. The summed E-state index contributed by atoms with van der Waals surface area (Å²) in [7, 11) is 0. The Hall–Kier alpha value is -0.910. The minimum atomic E-state index is -1.15. The van der Waals surface area contributed by atoms with Crippen molar-refractivity contribution < 1.29 is 20.1 Å². The van der Waals surface area contributed by atoms with Gasteiger partial charge in [0.15, 0.2) is 0 Å². The summed E-state index contributed by atoms with van der Waals surface area (Å²) >= 11 is 0. The Labute approximate surface area is 363 Å². The third kappa shape index (κ3) is 43.2. The first kappa shape index (κ1) is 57.1. The second-order valence-electron chi connectivity index (χ2n) is 18.4. The van der Waals surface area contributed by atoms with Crippen LogP contribution in [-0.2, 0) is 4.79 Å². The first-order valence-corrected chi connectivity index (χ1v) is 26.5. The molecule has 4 N–H and O–H groups in total. The molecule has 0 aliphatic heterocycles. The predicted octanol–water partition coefficient (Wildman–Crippen LogP) is 15.9. The number of carbonyl (C=O) groups excluding carboxylic acids is 1. The number of nitrogens with one attached hydrogen (secondary N) is 1. The molecule has 0 heterocycles. The molecular formula is C53H105NO4. The maximum absolute atomic E-state index is 12.5. The van der Waals surface area contributed by atoms with Gasteiger partial charge in [0.2, 0.25) is 5.91 Å². The topological polar surface area (TPSA) is 89.8 Å². The van der Waals surface area contributed by atoms with Crippen molar-refractivity contribution in [3.63, 3.8) is 0 Å². The zero-order chi connectivity index (χ0) is 42.3. The molecular weight excluding hydrogens is 715 g/mol.